The van der Waals surface area contributed by atoms with Crippen LogP contribution >= 0.6 is 0 Å². The largest absolute Gasteiger partial charge is 0.445 e. The molecular weight excluding hydrogens is 238 g/mol. The number of halogens is 4. The predicted molar refractivity (Wildman–Crippen MR) is 57.5 cm³/mol. The summed E-state index contributed by atoms with van der Waals surface area (Å²) in [6, 6.07) is 0. The quantitative estimate of drug-likeness (QED) is 0.259. The van der Waals surface area contributed by atoms with Crippen LogP contribution in [0.25, 0.3) is 0 Å². The van der Waals surface area contributed by atoms with E-state index in [1.165, 1.54) is 13.8 Å². The van der Waals surface area contributed by atoms with Gasteiger partial charge in [-0.15, -0.1) is 0 Å². The van der Waals surface area contributed by atoms with Crippen molar-refractivity contribution in [3.05, 3.63) is 24.0 Å². The highest BCUT2D eigenvalue weighted by Gasteiger charge is 2.34. The highest BCUT2D eigenvalue weighted by atomic mass is 19.4. The van der Waals surface area contributed by atoms with E-state index in [1.54, 1.807) is 0 Å². The molecule has 0 radical (unpaired) electrons. The average molecular weight is 253 g/mol. The van der Waals surface area contributed by atoms with Gasteiger partial charge in [0.15, 0.2) is 6.67 Å². The molecule has 1 unspecified atom stereocenters. The lowest BCUT2D eigenvalue weighted by Crippen LogP contribution is -2.17. The molecule has 0 heterocycles. The second-order valence-corrected chi connectivity index (χ2v) is 3.54. The van der Waals surface area contributed by atoms with Crippen molar-refractivity contribution in [2.75, 3.05) is 6.67 Å². The van der Waals surface area contributed by atoms with Crippen molar-refractivity contribution < 1.29 is 22.3 Å². The van der Waals surface area contributed by atoms with Gasteiger partial charge in [-0.05, 0) is 13.3 Å². The maximum absolute atomic E-state index is 12.4. The molecule has 0 aromatic rings. The molecule has 0 fully saturated rings. The topological polar surface area (TPSA) is 33.1 Å². The second kappa shape index (κ2) is 6.42. The summed E-state index contributed by atoms with van der Waals surface area (Å²) < 4.78 is 53.9. The Bertz CT molecular complexity index is 320. The van der Waals surface area contributed by atoms with E-state index in [-0.39, 0.29) is 12.2 Å². The summed E-state index contributed by atoms with van der Waals surface area (Å²) in [4.78, 5) is 0. The molecule has 0 amide bonds. The SMILES string of the molecule is C=C(OC(=N)CF)C(C)CC(=CC)C(F)(F)F. The van der Waals surface area contributed by atoms with Crippen molar-refractivity contribution in [1.29, 1.82) is 5.41 Å². The summed E-state index contributed by atoms with van der Waals surface area (Å²) in [6.45, 7) is 5.05. The number of allylic oxidation sites excluding steroid dienone is 3. The first-order chi connectivity index (χ1) is 7.72. The number of hydrogen-bond acceptors (Lipinski definition) is 2. The van der Waals surface area contributed by atoms with Crippen LogP contribution in [0.3, 0.4) is 0 Å². The molecule has 2 nitrogen and oxygen atoms in total. The van der Waals surface area contributed by atoms with Crippen LogP contribution in [-0.4, -0.2) is 18.7 Å². The van der Waals surface area contributed by atoms with Crippen LogP contribution < -0.4 is 0 Å². The highest BCUT2D eigenvalue weighted by Crippen LogP contribution is 2.32. The molecule has 0 aliphatic rings. The van der Waals surface area contributed by atoms with Crippen LogP contribution in [-0.2, 0) is 4.74 Å². The minimum absolute atomic E-state index is 0.0451. The fourth-order valence-electron chi connectivity index (χ4n) is 1.13. The van der Waals surface area contributed by atoms with Crippen LogP contribution in [0.2, 0.25) is 0 Å². The zero-order valence-electron chi connectivity index (χ0n) is 9.70. The van der Waals surface area contributed by atoms with Crippen molar-refractivity contribution in [1.82, 2.24) is 0 Å². The molecule has 0 aromatic carbocycles. The fraction of sp³-hybridized carbons (Fsp3) is 0.545. The van der Waals surface area contributed by atoms with Crippen molar-refractivity contribution in [3.8, 4) is 0 Å². The summed E-state index contributed by atoms with van der Waals surface area (Å²) >= 11 is 0. The lowest BCUT2D eigenvalue weighted by atomic mass is 9.99. The number of ether oxygens (including phenoxy) is 1. The van der Waals surface area contributed by atoms with E-state index in [9.17, 15) is 17.6 Å². The van der Waals surface area contributed by atoms with Crippen LogP contribution in [0.5, 0.6) is 0 Å². The highest BCUT2D eigenvalue weighted by molar-refractivity contribution is 5.74. The number of rotatable bonds is 5. The summed E-state index contributed by atoms with van der Waals surface area (Å²) in [5, 5.41) is 6.92. The number of alkyl halides is 4. The molecule has 98 valence electrons. The number of nitrogens with one attached hydrogen (secondary N) is 1. The third-order valence-corrected chi connectivity index (χ3v) is 2.16. The van der Waals surface area contributed by atoms with E-state index in [2.05, 4.69) is 11.3 Å². The van der Waals surface area contributed by atoms with E-state index < -0.39 is 30.2 Å². The fourth-order valence-corrected chi connectivity index (χ4v) is 1.13. The molecule has 6 heteroatoms. The minimum Gasteiger partial charge on any atom is -0.445 e. The average Bonchev–Trinajstić information content (AvgIpc) is 2.23. The third kappa shape index (κ3) is 5.51. The standard InChI is InChI=1S/C11H15F4NO/c1-4-9(11(13,14)15)5-7(2)8(3)17-10(16)6-12/h4,7,16H,3,5-6H2,1-2H3. The third-order valence-electron chi connectivity index (χ3n) is 2.16. The van der Waals surface area contributed by atoms with Gasteiger partial charge in [0, 0.05) is 11.5 Å². The van der Waals surface area contributed by atoms with E-state index >= 15 is 0 Å². The van der Waals surface area contributed by atoms with Gasteiger partial charge in [0.05, 0.1) is 0 Å². The first-order valence-electron chi connectivity index (χ1n) is 4.94. The molecule has 17 heavy (non-hydrogen) atoms. The zero-order chi connectivity index (χ0) is 13.6. The van der Waals surface area contributed by atoms with Gasteiger partial charge in [-0.1, -0.05) is 19.6 Å². The van der Waals surface area contributed by atoms with Gasteiger partial charge in [-0.2, -0.15) is 13.2 Å². The van der Waals surface area contributed by atoms with Gasteiger partial charge in [0.2, 0.25) is 5.90 Å². The molecule has 1 atom stereocenters. The van der Waals surface area contributed by atoms with Gasteiger partial charge in [0.1, 0.15) is 5.76 Å². The van der Waals surface area contributed by atoms with Gasteiger partial charge >= 0.3 is 6.18 Å². The number of hydrogen-bond donors (Lipinski definition) is 1. The summed E-state index contributed by atoms with van der Waals surface area (Å²) in [5.41, 5.74) is -0.693. The molecule has 0 aromatic heterocycles. The van der Waals surface area contributed by atoms with Gasteiger partial charge in [-0.25, -0.2) is 4.39 Å². The lowest BCUT2D eigenvalue weighted by Gasteiger charge is -2.18. The van der Waals surface area contributed by atoms with E-state index in [4.69, 9.17) is 5.41 Å². The Balaban J connectivity index is 4.49. The minimum atomic E-state index is -4.39. The maximum Gasteiger partial charge on any atom is 0.412 e. The molecule has 0 spiro atoms. The Morgan fingerprint density at radius 3 is 2.35 bits per heavy atom. The van der Waals surface area contributed by atoms with Crippen LogP contribution in [0.1, 0.15) is 20.3 Å². The lowest BCUT2D eigenvalue weighted by molar-refractivity contribution is -0.0951. The summed E-state index contributed by atoms with van der Waals surface area (Å²) in [5.74, 6) is -1.35. The Hall–Kier alpha value is -1.33. The maximum atomic E-state index is 12.4. The van der Waals surface area contributed by atoms with Crippen molar-refractivity contribution in [2.24, 2.45) is 5.92 Å². The summed E-state index contributed by atoms with van der Waals surface area (Å²) in [7, 11) is 0. The Labute approximate surface area is 97.5 Å². The van der Waals surface area contributed by atoms with Crippen LogP contribution in [0, 0.1) is 11.3 Å². The van der Waals surface area contributed by atoms with Crippen molar-refractivity contribution >= 4 is 5.90 Å². The predicted octanol–water partition coefficient (Wildman–Crippen LogP) is 4.00. The molecule has 0 rings (SSSR count). The Morgan fingerprint density at radius 1 is 1.47 bits per heavy atom. The molecular formula is C11H15F4NO. The van der Waals surface area contributed by atoms with E-state index in [0.29, 0.717) is 0 Å². The van der Waals surface area contributed by atoms with Gasteiger partial charge in [0.25, 0.3) is 0 Å². The molecule has 0 saturated carbocycles. The van der Waals surface area contributed by atoms with E-state index in [1.807, 2.05) is 0 Å². The molecule has 0 saturated heterocycles. The first-order valence-corrected chi connectivity index (χ1v) is 4.94. The first kappa shape index (κ1) is 15.7. The monoisotopic (exact) mass is 253 g/mol. The molecule has 0 aliphatic carbocycles. The normalized spacial score (nSPS) is 14.4. The van der Waals surface area contributed by atoms with Crippen molar-refractivity contribution in [2.45, 2.75) is 26.4 Å². The molecule has 0 bridgehead atoms. The summed E-state index contributed by atoms with van der Waals surface area (Å²) in [6.07, 6.45) is -3.72. The smallest absolute Gasteiger partial charge is 0.412 e. The van der Waals surface area contributed by atoms with E-state index in [0.717, 1.165) is 6.08 Å². The van der Waals surface area contributed by atoms with Crippen molar-refractivity contribution in [3.63, 3.8) is 0 Å². The van der Waals surface area contributed by atoms with Gasteiger partial charge < -0.3 is 4.74 Å². The molecule has 0 aliphatic heterocycles. The Kier molecular flexibility index (Phi) is 5.91. The zero-order valence-corrected chi connectivity index (χ0v) is 9.70. The Morgan fingerprint density at radius 2 is 2.00 bits per heavy atom. The second-order valence-electron chi connectivity index (χ2n) is 3.54. The van der Waals surface area contributed by atoms with Gasteiger partial charge in [-0.3, -0.25) is 5.41 Å². The molecule has 1 N–H and O–H groups in total. The van der Waals surface area contributed by atoms with Crippen LogP contribution in [0.4, 0.5) is 17.6 Å². The van der Waals surface area contributed by atoms with Crippen LogP contribution in [0.15, 0.2) is 24.0 Å².